The summed E-state index contributed by atoms with van der Waals surface area (Å²) < 4.78 is 15.8. The van der Waals surface area contributed by atoms with Crippen LogP contribution in [0.3, 0.4) is 0 Å². The van der Waals surface area contributed by atoms with E-state index < -0.39 is 5.91 Å². The second-order valence-electron chi connectivity index (χ2n) is 7.33. The van der Waals surface area contributed by atoms with Crippen LogP contribution in [-0.2, 0) is 0 Å². The number of benzene rings is 1. The first kappa shape index (κ1) is 23.4. The molecule has 0 saturated heterocycles. The lowest BCUT2D eigenvalue weighted by Gasteiger charge is -2.20. The zero-order valence-electron chi connectivity index (χ0n) is 18.0. The van der Waals surface area contributed by atoms with E-state index in [0.29, 0.717) is 35.5 Å². The SMILES string of the molecule is COc1cc(OC)c(C(=O)Nc2nc(C(=O)NCCNC(C)(C)C)cs2)cc1OC. The summed E-state index contributed by atoms with van der Waals surface area (Å²) in [5.41, 5.74) is 0.475. The van der Waals surface area contributed by atoms with Gasteiger partial charge < -0.3 is 24.8 Å². The average molecular weight is 437 g/mol. The molecule has 0 unspecified atom stereocenters. The van der Waals surface area contributed by atoms with Gasteiger partial charge >= 0.3 is 0 Å². The molecule has 2 aromatic rings. The molecule has 2 amide bonds. The van der Waals surface area contributed by atoms with E-state index in [-0.39, 0.29) is 22.7 Å². The molecule has 0 radical (unpaired) electrons. The van der Waals surface area contributed by atoms with Gasteiger partial charge in [-0.1, -0.05) is 0 Å². The van der Waals surface area contributed by atoms with Gasteiger partial charge in [0.05, 0.1) is 26.9 Å². The van der Waals surface area contributed by atoms with Crippen LogP contribution < -0.4 is 30.2 Å². The molecule has 30 heavy (non-hydrogen) atoms. The number of anilines is 1. The zero-order chi connectivity index (χ0) is 22.3. The molecule has 3 N–H and O–H groups in total. The summed E-state index contributed by atoms with van der Waals surface area (Å²) >= 11 is 1.16. The third kappa shape index (κ3) is 6.33. The maximum atomic E-state index is 12.7. The van der Waals surface area contributed by atoms with Gasteiger partial charge in [0.15, 0.2) is 16.6 Å². The molecule has 0 saturated carbocycles. The first-order chi connectivity index (χ1) is 14.2. The molecular weight excluding hydrogens is 408 g/mol. The summed E-state index contributed by atoms with van der Waals surface area (Å²) in [6.45, 7) is 7.27. The number of methoxy groups -OCH3 is 3. The molecule has 0 bridgehead atoms. The van der Waals surface area contributed by atoms with E-state index in [4.69, 9.17) is 14.2 Å². The number of hydrogen-bond donors (Lipinski definition) is 3. The summed E-state index contributed by atoms with van der Waals surface area (Å²) in [6.07, 6.45) is 0. The summed E-state index contributed by atoms with van der Waals surface area (Å²) in [6, 6.07) is 3.09. The molecule has 1 heterocycles. The predicted octanol–water partition coefficient (Wildman–Crippen LogP) is 2.54. The van der Waals surface area contributed by atoms with Crippen molar-refractivity contribution in [3.63, 3.8) is 0 Å². The number of aromatic nitrogens is 1. The third-order valence-corrected chi connectivity index (χ3v) is 4.73. The fraction of sp³-hybridized carbons (Fsp3) is 0.450. The molecule has 0 aliphatic heterocycles. The molecule has 1 aromatic heterocycles. The number of amides is 2. The van der Waals surface area contributed by atoms with Crippen molar-refractivity contribution in [2.75, 3.05) is 39.7 Å². The molecule has 9 nitrogen and oxygen atoms in total. The summed E-state index contributed by atoms with van der Waals surface area (Å²) in [4.78, 5) is 29.1. The van der Waals surface area contributed by atoms with Gasteiger partial charge in [0, 0.05) is 36.1 Å². The van der Waals surface area contributed by atoms with E-state index in [2.05, 4.69) is 41.7 Å². The van der Waals surface area contributed by atoms with Crippen LogP contribution in [0.4, 0.5) is 5.13 Å². The summed E-state index contributed by atoms with van der Waals surface area (Å²) in [5.74, 6) is 0.423. The van der Waals surface area contributed by atoms with E-state index in [9.17, 15) is 9.59 Å². The Morgan fingerprint density at radius 3 is 2.20 bits per heavy atom. The average Bonchev–Trinajstić information content (AvgIpc) is 3.17. The zero-order valence-corrected chi connectivity index (χ0v) is 18.9. The van der Waals surface area contributed by atoms with Crippen LogP contribution >= 0.6 is 11.3 Å². The molecule has 0 spiro atoms. The Morgan fingerprint density at radius 2 is 1.60 bits per heavy atom. The quantitative estimate of drug-likeness (QED) is 0.518. The molecule has 2 rings (SSSR count). The smallest absolute Gasteiger partial charge is 0.270 e. The number of thiazole rings is 1. The van der Waals surface area contributed by atoms with E-state index in [0.717, 1.165) is 11.3 Å². The maximum Gasteiger partial charge on any atom is 0.270 e. The highest BCUT2D eigenvalue weighted by Crippen LogP contribution is 2.35. The number of nitrogens with zero attached hydrogens (tertiary/aromatic N) is 1. The van der Waals surface area contributed by atoms with Gasteiger partial charge in [-0.25, -0.2) is 4.98 Å². The Bertz CT molecular complexity index is 892. The predicted molar refractivity (Wildman–Crippen MR) is 116 cm³/mol. The Balaban J connectivity index is 2.03. The van der Waals surface area contributed by atoms with Crippen LogP contribution in [0.5, 0.6) is 17.2 Å². The fourth-order valence-corrected chi connectivity index (χ4v) is 3.20. The topological polar surface area (TPSA) is 111 Å². The third-order valence-electron chi connectivity index (χ3n) is 3.97. The van der Waals surface area contributed by atoms with Crippen molar-refractivity contribution in [3.8, 4) is 17.2 Å². The number of nitrogens with one attached hydrogen (secondary N) is 3. The Labute approximate surface area is 180 Å². The van der Waals surface area contributed by atoms with Crippen molar-refractivity contribution < 1.29 is 23.8 Å². The molecule has 0 aliphatic carbocycles. The minimum absolute atomic E-state index is 0.0198. The highest BCUT2D eigenvalue weighted by Gasteiger charge is 2.19. The van der Waals surface area contributed by atoms with E-state index in [1.54, 1.807) is 11.4 Å². The minimum atomic E-state index is -0.441. The molecule has 1 aromatic carbocycles. The Kier molecular flexibility index (Phi) is 8.01. The van der Waals surface area contributed by atoms with Crippen molar-refractivity contribution in [1.29, 1.82) is 0 Å². The van der Waals surface area contributed by atoms with Gasteiger partial charge in [0.1, 0.15) is 11.4 Å². The van der Waals surface area contributed by atoms with Gasteiger partial charge in [-0.3, -0.25) is 14.9 Å². The molecule has 0 aliphatic rings. The van der Waals surface area contributed by atoms with Crippen LogP contribution in [0.25, 0.3) is 0 Å². The Hall–Kier alpha value is -2.85. The second-order valence-corrected chi connectivity index (χ2v) is 8.19. The standard InChI is InChI=1S/C20H28N4O5S/c1-20(2,3)22-8-7-21-18(26)13-11-30-19(23-13)24-17(25)12-9-15(28-5)16(29-6)10-14(12)27-4/h9-11,22H,7-8H2,1-6H3,(H,21,26)(H,23,24,25). The molecule has 164 valence electrons. The number of carbonyl (C=O) groups is 2. The van der Waals surface area contributed by atoms with E-state index >= 15 is 0 Å². The van der Waals surface area contributed by atoms with Crippen molar-refractivity contribution in [2.45, 2.75) is 26.3 Å². The first-order valence-corrected chi connectivity index (χ1v) is 10.2. The normalized spacial score (nSPS) is 11.0. The molecule has 0 fully saturated rings. The van der Waals surface area contributed by atoms with Crippen LogP contribution in [0.1, 0.15) is 41.6 Å². The largest absolute Gasteiger partial charge is 0.496 e. The van der Waals surface area contributed by atoms with Crippen LogP contribution in [0.2, 0.25) is 0 Å². The highest BCUT2D eigenvalue weighted by atomic mass is 32.1. The minimum Gasteiger partial charge on any atom is -0.496 e. The Morgan fingerprint density at radius 1 is 0.967 bits per heavy atom. The van der Waals surface area contributed by atoms with E-state index in [1.807, 2.05) is 0 Å². The van der Waals surface area contributed by atoms with E-state index in [1.165, 1.54) is 27.4 Å². The van der Waals surface area contributed by atoms with Crippen LogP contribution in [0.15, 0.2) is 17.5 Å². The lowest BCUT2D eigenvalue weighted by molar-refractivity contribution is 0.0947. The summed E-state index contributed by atoms with van der Waals surface area (Å²) in [7, 11) is 4.44. The number of carbonyl (C=O) groups excluding carboxylic acids is 2. The van der Waals surface area contributed by atoms with Gasteiger partial charge in [-0.2, -0.15) is 0 Å². The number of rotatable bonds is 9. The highest BCUT2D eigenvalue weighted by molar-refractivity contribution is 7.14. The van der Waals surface area contributed by atoms with Gasteiger partial charge in [-0.05, 0) is 20.8 Å². The first-order valence-electron chi connectivity index (χ1n) is 9.28. The van der Waals surface area contributed by atoms with Crippen molar-refractivity contribution in [2.24, 2.45) is 0 Å². The van der Waals surface area contributed by atoms with Crippen LogP contribution in [0, 0.1) is 0 Å². The summed E-state index contributed by atoms with van der Waals surface area (Å²) in [5, 5.41) is 10.7. The molecule has 0 atom stereocenters. The van der Waals surface area contributed by atoms with Crippen LogP contribution in [-0.4, -0.2) is 56.8 Å². The maximum absolute atomic E-state index is 12.7. The lowest BCUT2D eigenvalue weighted by atomic mass is 10.1. The van der Waals surface area contributed by atoms with Gasteiger partial charge in [-0.15, -0.1) is 11.3 Å². The van der Waals surface area contributed by atoms with Crippen molar-refractivity contribution >= 4 is 28.3 Å². The lowest BCUT2D eigenvalue weighted by Crippen LogP contribution is -2.41. The van der Waals surface area contributed by atoms with Gasteiger partial charge in [0.25, 0.3) is 11.8 Å². The van der Waals surface area contributed by atoms with Crippen molar-refractivity contribution in [1.82, 2.24) is 15.6 Å². The number of hydrogen-bond acceptors (Lipinski definition) is 8. The fourth-order valence-electron chi connectivity index (χ4n) is 2.51. The van der Waals surface area contributed by atoms with Gasteiger partial charge in [0.2, 0.25) is 0 Å². The monoisotopic (exact) mass is 436 g/mol. The number of ether oxygens (including phenoxy) is 3. The molecular formula is C20H28N4O5S. The van der Waals surface area contributed by atoms with Crippen molar-refractivity contribution in [3.05, 3.63) is 28.8 Å². The molecule has 10 heteroatoms. The second kappa shape index (κ2) is 10.3.